The number of fused-ring (bicyclic) bond motifs is 1. The molecule has 146 valence electrons. The zero-order chi connectivity index (χ0) is 20.4. The van der Waals surface area contributed by atoms with Crippen LogP contribution in [0.3, 0.4) is 0 Å². The third kappa shape index (κ3) is 3.77. The second-order valence-corrected chi connectivity index (χ2v) is 6.82. The summed E-state index contributed by atoms with van der Waals surface area (Å²) in [5.74, 6) is -0.877. The summed E-state index contributed by atoms with van der Waals surface area (Å²) in [7, 11) is 0. The number of amides is 1. The van der Waals surface area contributed by atoms with Gasteiger partial charge in [0, 0.05) is 12.7 Å². The number of halogens is 2. The third-order valence-corrected chi connectivity index (χ3v) is 4.77. The third-order valence-electron chi connectivity index (χ3n) is 4.48. The van der Waals surface area contributed by atoms with Crippen LogP contribution in [0.2, 0.25) is 5.02 Å². The lowest BCUT2D eigenvalue weighted by atomic mass is 10.2. The predicted molar refractivity (Wildman–Crippen MR) is 109 cm³/mol. The lowest BCUT2D eigenvalue weighted by Gasteiger charge is -2.07. The molecule has 29 heavy (non-hydrogen) atoms. The number of benzene rings is 2. The predicted octanol–water partition coefficient (Wildman–Crippen LogP) is 3.30. The average Bonchev–Trinajstić information content (AvgIpc) is 3.01. The Morgan fingerprint density at radius 2 is 1.90 bits per heavy atom. The molecule has 0 atom stereocenters. The van der Waals surface area contributed by atoms with Gasteiger partial charge in [0.2, 0.25) is 5.91 Å². The molecule has 2 aromatic carbocycles. The van der Waals surface area contributed by atoms with Gasteiger partial charge in [0.25, 0.3) is 0 Å². The summed E-state index contributed by atoms with van der Waals surface area (Å²) in [5, 5.41) is 2.72. The first-order valence-corrected chi connectivity index (χ1v) is 9.24. The molecular formula is C21H16ClFN4O2. The number of nitrogens with one attached hydrogen (secondary N) is 1. The van der Waals surface area contributed by atoms with E-state index in [1.807, 2.05) is 18.2 Å². The summed E-state index contributed by atoms with van der Waals surface area (Å²) >= 11 is 5.76. The van der Waals surface area contributed by atoms with Crippen molar-refractivity contribution in [1.82, 2.24) is 19.4 Å². The van der Waals surface area contributed by atoms with Crippen molar-refractivity contribution < 1.29 is 9.18 Å². The Kier molecular flexibility index (Phi) is 5.14. The molecule has 8 heteroatoms. The standard InChI is InChI=1S/C21H16ClFN4O2/c22-16-11-14(8-9-17(16)23)12-25-19(28)13-26-18-7-4-10-24-20(18)27(21(26)29)15-5-2-1-3-6-15/h1-11H,12-13H2,(H,25,28). The van der Waals surface area contributed by atoms with Gasteiger partial charge in [-0.05, 0) is 42.0 Å². The molecule has 0 aliphatic heterocycles. The van der Waals surface area contributed by atoms with Crippen LogP contribution in [-0.2, 0) is 17.9 Å². The van der Waals surface area contributed by atoms with Crippen LogP contribution in [0, 0.1) is 5.82 Å². The summed E-state index contributed by atoms with van der Waals surface area (Å²) in [5.41, 5.74) is 2.00. The lowest BCUT2D eigenvalue weighted by Crippen LogP contribution is -2.32. The summed E-state index contributed by atoms with van der Waals surface area (Å²) < 4.78 is 16.1. The van der Waals surface area contributed by atoms with Crippen molar-refractivity contribution in [2.24, 2.45) is 0 Å². The molecule has 0 aliphatic rings. The Morgan fingerprint density at radius 3 is 2.66 bits per heavy atom. The number of aromatic nitrogens is 3. The first kappa shape index (κ1) is 18.9. The quantitative estimate of drug-likeness (QED) is 0.549. The van der Waals surface area contributed by atoms with Crippen LogP contribution in [0.5, 0.6) is 0 Å². The summed E-state index contributed by atoms with van der Waals surface area (Å²) in [6.45, 7) is -0.00104. The Morgan fingerprint density at radius 1 is 1.10 bits per heavy atom. The number of hydrogen-bond donors (Lipinski definition) is 1. The van der Waals surface area contributed by atoms with E-state index < -0.39 is 5.82 Å². The number of hydrogen-bond acceptors (Lipinski definition) is 3. The number of carbonyl (C=O) groups excluding carboxylic acids is 1. The normalized spacial score (nSPS) is 11.0. The maximum Gasteiger partial charge on any atom is 0.335 e. The summed E-state index contributed by atoms with van der Waals surface area (Å²) in [6, 6.07) is 16.8. The van der Waals surface area contributed by atoms with Gasteiger partial charge in [-0.3, -0.25) is 9.36 Å². The minimum Gasteiger partial charge on any atom is -0.350 e. The van der Waals surface area contributed by atoms with E-state index in [0.29, 0.717) is 22.4 Å². The highest BCUT2D eigenvalue weighted by atomic mass is 35.5. The second-order valence-electron chi connectivity index (χ2n) is 6.41. The largest absolute Gasteiger partial charge is 0.350 e. The molecular weight excluding hydrogens is 395 g/mol. The number of pyridine rings is 1. The SMILES string of the molecule is O=C(Cn1c(=O)n(-c2ccccc2)c2ncccc21)NCc1ccc(F)c(Cl)c1. The van der Waals surface area contributed by atoms with Gasteiger partial charge in [0.15, 0.2) is 5.65 Å². The zero-order valence-corrected chi connectivity index (χ0v) is 15.9. The monoisotopic (exact) mass is 410 g/mol. The van der Waals surface area contributed by atoms with Crippen LogP contribution in [-0.4, -0.2) is 20.0 Å². The molecule has 0 fully saturated rings. The van der Waals surface area contributed by atoms with Crippen molar-refractivity contribution in [3.63, 3.8) is 0 Å². The van der Waals surface area contributed by atoms with E-state index in [2.05, 4.69) is 10.3 Å². The van der Waals surface area contributed by atoms with E-state index in [0.717, 1.165) is 0 Å². The van der Waals surface area contributed by atoms with E-state index in [1.165, 1.54) is 21.3 Å². The van der Waals surface area contributed by atoms with Crippen molar-refractivity contribution in [2.45, 2.75) is 13.1 Å². The van der Waals surface area contributed by atoms with Gasteiger partial charge < -0.3 is 5.32 Å². The van der Waals surface area contributed by atoms with E-state index in [1.54, 1.807) is 36.5 Å². The van der Waals surface area contributed by atoms with Crippen LogP contribution < -0.4 is 11.0 Å². The first-order chi connectivity index (χ1) is 14.0. The van der Waals surface area contributed by atoms with Gasteiger partial charge in [-0.25, -0.2) is 18.7 Å². The maximum atomic E-state index is 13.3. The molecule has 0 saturated heterocycles. The highest BCUT2D eigenvalue weighted by molar-refractivity contribution is 6.30. The van der Waals surface area contributed by atoms with Gasteiger partial charge in [-0.1, -0.05) is 35.9 Å². The second kappa shape index (κ2) is 7.89. The van der Waals surface area contributed by atoms with E-state index in [-0.39, 0.29) is 29.7 Å². The molecule has 0 saturated carbocycles. The molecule has 1 N–H and O–H groups in total. The lowest BCUT2D eigenvalue weighted by molar-refractivity contribution is -0.121. The van der Waals surface area contributed by atoms with Crippen LogP contribution in [0.1, 0.15) is 5.56 Å². The maximum absolute atomic E-state index is 13.3. The van der Waals surface area contributed by atoms with Gasteiger partial charge in [-0.15, -0.1) is 0 Å². The van der Waals surface area contributed by atoms with Crippen LogP contribution in [0.25, 0.3) is 16.9 Å². The molecule has 0 unspecified atom stereocenters. The van der Waals surface area contributed by atoms with Crippen LogP contribution >= 0.6 is 11.6 Å². The summed E-state index contributed by atoms with van der Waals surface area (Å²) in [4.78, 5) is 29.8. The molecule has 2 heterocycles. The molecule has 6 nitrogen and oxygen atoms in total. The minimum absolute atomic E-state index is 0.00928. The summed E-state index contributed by atoms with van der Waals surface area (Å²) in [6.07, 6.45) is 1.60. The van der Waals surface area contributed by atoms with Crippen molar-refractivity contribution in [3.05, 3.63) is 93.7 Å². The van der Waals surface area contributed by atoms with E-state index >= 15 is 0 Å². The molecule has 4 aromatic rings. The topological polar surface area (TPSA) is 68.9 Å². The van der Waals surface area contributed by atoms with Crippen molar-refractivity contribution >= 4 is 28.7 Å². The fourth-order valence-corrected chi connectivity index (χ4v) is 3.30. The zero-order valence-electron chi connectivity index (χ0n) is 15.2. The Labute approximate surface area is 170 Å². The Hall–Kier alpha value is -3.45. The number of para-hydroxylation sites is 1. The van der Waals surface area contributed by atoms with Gasteiger partial charge in [-0.2, -0.15) is 0 Å². The Bertz CT molecular complexity index is 1250. The number of carbonyl (C=O) groups is 1. The molecule has 0 bridgehead atoms. The smallest absolute Gasteiger partial charge is 0.335 e. The van der Waals surface area contributed by atoms with Gasteiger partial charge in [0.05, 0.1) is 16.2 Å². The van der Waals surface area contributed by atoms with Crippen LogP contribution in [0.15, 0.2) is 71.7 Å². The van der Waals surface area contributed by atoms with E-state index in [4.69, 9.17) is 11.6 Å². The average molecular weight is 411 g/mol. The highest BCUT2D eigenvalue weighted by Crippen LogP contribution is 2.17. The van der Waals surface area contributed by atoms with Gasteiger partial charge in [0.1, 0.15) is 12.4 Å². The number of imidazole rings is 1. The van der Waals surface area contributed by atoms with Crippen molar-refractivity contribution in [2.75, 3.05) is 0 Å². The molecule has 2 aromatic heterocycles. The number of rotatable bonds is 5. The highest BCUT2D eigenvalue weighted by Gasteiger charge is 2.17. The number of nitrogens with zero attached hydrogens (tertiary/aromatic N) is 3. The fraction of sp³-hybridized carbons (Fsp3) is 0.0952. The van der Waals surface area contributed by atoms with Crippen LogP contribution in [0.4, 0.5) is 4.39 Å². The molecule has 1 amide bonds. The molecule has 0 spiro atoms. The first-order valence-electron chi connectivity index (χ1n) is 8.87. The van der Waals surface area contributed by atoms with E-state index in [9.17, 15) is 14.0 Å². The fourth-order valence-electron chi connectivity index (χ4n) is 3.10. The van der Waals surface area contributed by atoms with Crippen molar-refractivity contribution in [1.29, 1.82) is 0 Å². The van der Waals surface area contributed by atoms with Gasteiger partial charge >= 0.3 is 5.69 Å². The molecule has 4 rings (SSSR count). The molecule has 0 aliphatic carbocycles. The molecule has 0 radical (unpaired) electrons. The van der Waals surface area contributed by atoms with Crippen molar-refractivity contribution in [3.8, 4) is 5.69 Å². The Balaban J connectivity index is 1.61. The minimum atomic E-state index is -0.519.